The number of hydrogen-bond acceptors (Lipinski definition) is 2. The molecule has 0 aromatic rings. The van der Waals surface area contributed by atoms with Crippen molar-refractivity contribution >= 4 is 5.78 Å². The van der Waals surface area contributed by atoms with Gasteiger partial charge < -0.3 is 4.90 Å². The van der Waals surface area contributed by atoms with Crippen molar-refractivity contribution < 1.29 is 4.79 Å². The van der Waals surface area contributed by atoms with Gasteiger partial charge in [-0.1, -0.05) is 20.4 Å². The van der Waals surface area contributed by atoms with Crippen molar-refractivity contribution in [2.75, 3.05) is 19.6 Å². The molecule has 0 aromatic carbocycles. The molecule has 0 radical (unpaired) electrons. The average Bonchev–Trinajstić information content (AvgIpc) is 2.19. The Bertz CT molecular complexity index is 233. The highest BCUT2D eigenvalue weighted by Gasteiger charge is 2.07. The number of carbonyl (C=O) groups excluding carboxylic acids is 1. The van der Waals surface area contributed by atoms with E-state index < -0.39 is 0 Å². The van der Waals surface area contributed by atoms with E-state index in [1.807, 2.05) is 0 Å². The number of nitrogens with zero attached hydrogens (tertiary/aromatic N) is 1. The highest BCUT2D eigenvalue weighted by molar-refractivity contribution is 5.95. The van der Waals surface area contributed by atoms with Crippen LogP contribution in [0.5, 0.6) is 0 Å². The lowest BCUT2D eigenvalue weighted by Crippen LogP contribution is -2.26. The van der Waals surface area contributed by atoms with Crippen molar-refractivity contribution in [1.29, 1.82) is 0 Å². The summed E-state index contributed by atoms with van der Waals surface area (Å²) in [6.07, 6.45) is 6.00. The number of allylic oxidation sites excluding steroid dienone is 1. The molecule has 0 aliphatic heterocycles. The van der Waals surface area contributed by atoms with Crippen molar-refractivity contribution in [3.05, 3.63) is 12.2 Å². The number of carbonyl (C=O) groups is 1. The van der Waals surface area contributed by atoms with E-state index in [0.29, 0.717) is 18.4 Å². The van der Waals surface area contributed by atoms with Crippen molar-refractivity contribution in [3.63, 3.8) is 0 Å². The van der Waals surface area contributed by atoms with Crippen LogP contribution in [0.4, 0.5) is 0 Å². The van der Waals surface area contributed by atoms with E-state index in [4.69, 9.17) is 6.42 Å². The molecule has 0 atom stereocenters. The first-order chi connectivity index (χ1) is 6.65. The maximum atomic E-state index is 11.4. The largest absolute Gasteiger partial charge is 0.303 e. The normalized spacial score (nSPS) is 9.86. The van der Waals surface area contributed by atoms with Crippen LogP contribution in [-0.4, -0.2) is 30.3 Å². The lowest BCUT2D eigenvalue weighted by Gasteiger charge is -2.17. The summed E-state index contributed by atoms with van der Waals surface area (Å²) in [4.78, 5) is 13.7. The third-order valence-corrected chi connectivity index (χ3v) is 2.26. The lowest BCUT2D eigenvalue weighted by molar-refractivity contribution is -0.115. The Morgan fingerprint density at radius 3 is 2.43 bits per heavy atom. The molecule has 0 N–H and O–H groups in total. The van der Waals surface area contributed by atoms with Crippen LogP contribution in [0.15, 0.2) is 12.2 Å². The van der Waals surface area contributed by atoms with E-state index >= 15 is 0 Å². The first kappa shape index (κ1) is 12.9. The molecular formula is C12H19NO. The van der Waals surface area contributed by atoms with Gasteiger partial charge in [0.05, 0.1) is 0 Å². The first-order valence-electron chi connectivity index (χ1n) is 5.02. The van der Waals surface area contributed by atoms with Gasteiger partial charge in [0.25, 0.3) is 0 Å². The van der Waals surface area contributed by atoms with Crippen LogP contribution in [0.1, 0.15) is 26.7 Å². The fraction of sp³-hybridized carbons (Fsp3) is 0.583. The van der Waals surface area contributed by atoms with E-state index in [1.165, 1.54) is 0 Å². The molecule has 0 heterocycles. The lowest BCUT2D eigenvalue weighted by atomic mass is 10.1. The zero-order valence-corrected chi connectivity index (χ0v) is 9.18. The molecule has 2 nitrogen and oxygen atoms in total. The minimum Gasteiger partial charge on any atom is -0.303 e. The van der Waals surface area contributed by atoms with Crippen molar-refractivity contribution in [2.45, 2.75) is 26.7 Å². The van der Waals surface area contributed by atoms with E-state index in [-0.39, 0.29) is 5.78 Å². The molecule has 2 heteroatoms. The van der Waals surface area contributed by atoms with Gasteiger partial charge in [0, 0.05) is 19.4 Å². The van der Waals surface area contributed by atoms with Gasteiger partial charge in [0.15, 0.2) is 5.78 Å². The Labute approximate surface area is 87.0 Å². The summed E-state index contributed by atoms with van der Waals surface area (Å²) in [5.41, 5.74) is 0.555. The quantitative estimate of drug-likeness (QED) is 0.454. The maximum Gasteiger partial charge on any atom is 0.160 e. The van der Waals surface area contributed by atoms with Crippen LogP contribution in [-0.2, 0) is 4.79 Å². The summed E-state index contributed by atoms with van der Waals surface area (Å²) in [5.74, 6) is 2.52. The van der Waals surface area contributed by atoms with Crippen molar-refractivity contribution in [2.24, 2.45) is 0 Å². The van der Waals surface area contributed by atoms with Crippen LogP contribution in [0, 0.1) is 12.3 Å². The topological polar surface area (TPSA) is 20.3 Å². The van der Waals surface area contributed by atoms with Gasteiger partial charge in [0.2, 0.25) is 0 Å². The van der Waals surface area contributed by atoms with Crippen LogP contribution in [0.25, 0.3) is 0 Å². The molecule has 0 fully saturated rings. The second-order valence-electron chi connectivity index (χ2n) is 3.18. The molecule has 0 aromatic heterocycles. The van der Waals surface area contributed by atoms with E-state index in [2.05, 4.69) is 31.2 Å². The zero-order chi connectivity index (χ0) is 11.0. The summed E-state index contributed by atoms with van der Waals surface area (Å²) < 4.78 is 0. The molecule has 78 valence electrons. The van der Waals surface area contributed by atoms with Crippen molar-refractivity contribution in [1.82, 2.24) is 4.90 Å². The highest BCUT2D eigenvalue weighted by atomic mass is 16.1. The maximum absolute atomic E-state index is 11.4. The summed E-state index contributed by atoms with van der Waals surface area (Å²) in [6, 6.07) is 0. The molecule has 0 bridgehead atoms. The number of ketones is 1. The third-order valence-electron chi connectivity index (χ3n) is 2.26. The Morgan fingerprint density at radius 2 is 2.00 bits per heavy atom. The summed E-state index contributed by atoms with van der Waals surface area (Å²) in [7, 11) is 0. The van der Waals surface area contributed by atoms with Gasteiger partial charge in [-0.15, -0.1) is 12.3 Å². The van der Waals surface area contributed by atoms with Crippen LogP contribution in [0.2, 0.25) is 0 Å². The summed E-state index contributed by atoms with van der Waals surface area (Å²) >= 11 is 0. The number of Topliss-reactive ketones (excluding diaryl/α,β-unsaturated/α-hetero) is 1. The molecule has 0 spiro atoms. The predicted molar refractivity (Wildman–Crippen MR) is 60.0 cm³/mol. The van der Waals surface area contributed by atoms with E-state index in [9.17, 15) is 4.79 Å². The Kier molecular flexibility index (Phi) is 6.78. The average molecular weight is 193 g/mol. The minimum absolute atomic E-state index is 0.0925. The zero-order valence-electron chi connectivity index (χ0n) is 9.18. The van der Waals surface area contributed by atoms with Gasteiger partial charge >= 0.3 is 0 Å². The summed E-state index contributed by atoms with van der Waals surface area (Å²) in [5, 5.41) is 0. The Hall–Kier alpha value is -1.07. The van der Waals surface area contributed by atoms with E-state index in [1.54, 1.807) is 0 Å². The van der Waals surface area contributed by atoms with Gasteiger partial charge in [-0.3, -0.25) is 4.79 Å². The molecule has 0 rings (SSSR count). The Morgan fingerprint density at radius 1 is 1.43 bits per heavy atom. The molecule has 0 saturated heterocycles. The minimum atomic E-state index is 0.0925. The molecule has 0 saturated carbocycles. The van der Waals surface area contributed by atoms with Crippen molar-refractivity contribution in [3.8, 4) is 12.3 Å². The van der Waals surface area contributed by atoms with Gasteiger partial charge in [-0.2, -0.15) is 0 Å². The number of rotatable bonds is 7. The molecule has 0 aliphatic carbocycles. The second kappa shape index (κ2) is 7.34. The number of terminal acetylenes is 1. The van der Waals surface area contributed by atoms with Gasteiger partial charge in [-0.05, 0) is 18.7 Å². The SMILES string of the molecule is C#CCC(=C)C(=O)CCN(CC)CC. The second-order valence-corrected chi connectivity index (χ2v) is 3.18. The molecule has 0 aliphatic rings. The highest BCUT2D eigenvalue weighted by Crippen LogP contribution is 2.03. The van der Waals surface area contributed by atoms with Gasteiger partial charge in [0.1, 0.15) is 0 Å². The molecular weight excluding hydrogens is 174 g/mol. The van der Waals surface area contributed by atoms with Crippen LogP contribution in [0.3, 0.4) is 0 Å². The van der Waals surface area contributed by atoms with Crippen LogP contribution < -0.4 is 0 Å². The van der Waals surface area contributed by atoms with Crippen LogP contribution >= 0.6 is 0 Å². The number of hydrogen-bond donors (Lipinski definition) is 0. The first-order valence-corrected chi connectivity index (χ1v) is 5.02. The van der Waals surface area contributed by atoms with E-state index in [0.717, 1.165) is 19.6 Å². The Balaban J connectivity index is 3.84. The fourth-order valence-corrected chi connectivity index (χ4v) is 1.20. The predicted octanol–water partition coefficient (Wildman–Crippen LogP) is 1.87. The fourth-order valence-electron chi connectivity index (χ4n) is 1.20. The summed E-state index contributed by atoms with van der Waals surface area (Å²) in [6.45, 7) is 10.6. The third kappa shape index (κ3) is 4.84. The molecule has 14 heavy (non-hydrogen) atoms. The molecule has 0 unspecified atom stereocenters. The molecule has 0 amide bonds. The monoisotopic (exact) mass is 193 g/mol. The van der Waals surface area contributed by atoms with Gasteiger partial charge in [-0.25, -0.2) is 0 Å². The standard InChI is InChI=1S/C12H19NO/c1-5-8-11(4)12(14)9-10-13(6-2)7-3/h1H,4,6-10H2,2-3H3. The smallest absolute Gasteiger partial charge is 0.160 e.